The topological polar surface area (TPSA) is 9.23 Å². The lowest BCUT2D eigenvalue weighted by Crippen LogP contribution is -2.03. The summed E-state index contributed by atoms with van der Waals surface area (Å²) in [7, 11) is 1.52. The number of ether oxygens (including phenoxy) is 1. The van der Waals surface area contributed by atoms with Crippen LogP contribution in [0.5, 0.6) is 0 Å². The van der Waals surface area contributed by atoms with Gasteiger partial charge in [-0.25, -0.2) is 4.39 Å². The van der Waals surface area contributed by atoms with Crippen molar-refractivity contribution >= 4 is 0 Å². The van der Waals surface area contributed by atoms with Crippen molar-refractivity contribution < 1.29 is 9.13 Å². The Hall–Kier alpha value is -0.790. The van der Waals surface area contributed by atoms with Gasteiger partial charge in [-0.15, -0.1) is 0 Å². The van der Waals surface area contributed by atoms with Crippen LogP contribution < -0.4 is 0 Å². The average molecular weight is 170 g/mol. The molecular formula is C10H15FO. The lowest BCUT2D eigenvalue weighted by atomic mass is 9.94. The smallest absolute Gasteiger partial charge is 0.160 e. The van der Waals surface area contributed by atoms with Gasteiger partial charge in [-0.1, -0.05) is 19.4 Å². The largest absolute Gasteiger partial charge is 0.498 e. The summed E-state index contributed by atoms with van der Waals surface area (Å²) in [5.74, 6) is 0.723. The van der Waals surface area contributed by atoms with Crippen LogP contribution in [0.25, 0.3) is 0 Å². The molecule has 0 amide bonds. The van der Waals surface area contributed by atoms with Crippen LogP contribution in [0.1, 0.15) is 26.7 Å². The van der Waals surface area contributed by atoms with Gasteiger partial charge >= 0.3 is 0 Å². The molecule has 0 saturated heterocycles. The fourth-order valence-electron chi connectivity index (χ4n) is 1.35. The van der Waals surface area contributed by atoms with Crippen molar-refractivity contribution in [1.82, 2.24) is 0 Å². The van der Waals surface area contributed by atoms with E-state index in [-0.39, 0.29) is 5.83 Å². The molecule has 1 rings (SSSR count). The molecule has 0 heterocycles. The molecule has 0 aromatic carbocycles. The Bertz CT molecular complexity index is 226. The minimum Gasteiger partial charge on any atom is -0.498 e. The average Bonchev–Trinajstić information content (AvgIpc) is 2.04. The molecule has 0 aliphatic heterocycles. The molecule has 1 nitrogen and oxygen atoms in total. The van der Waals surface area contributed by atoms with Gasteiger partial charge in [0.2, 0.25) is 0 Å². The summed E-state index contributed by atoms with van der Waals surface area (Å²) in [5, 5.41) is 0. The highest BCUT2D eigenvalue weighted by Crippen LogP contribution is 2.28. The SMILES string of the molecule is COC1=C(F)C=C(C(C)C)CC1. The van der Waals surface area contributed by atoms with Crippen molar-refractivity contribution in [3.8, 4) is 0 Å². The zero-order valence-electron chi connectivity index (χ0n) is 7.86. The van der Waals surface area contributed by atoms with Crippen molar-refractivity contribution in [3.63, 3.8) is 0 Å². The van der Waals surface area contributed by atoms with Gasteiger partial charge in [-0.05, 0) is 18.4 Å². The number of hydrogen-bond acceptors (Lipinski definition) is 1. The van der Waals surface area contributed by atoms with Crippen LogP contribution in [0, 0.1) is 5.92 Å². The molecule has 0 saturated carbocycles. The molecule has 0 radical (unpaired) electrons. The van der Waals surface area contributed by atoms with Gasteiger partial charge in [0.15, 0.2) is 5.83 Å². The lowest BCUT2D eigenvalue weighted by Gasteiger charge is -2.17. The van der Waals surface area contributed by atoms with Gasteiger partial charge < -0.3 is 4.74 Å². The summed E-state index contributed by atoms with van der Waals surface area (Å²) in [6, 6.07) is 0. The van der Waals surface area contributed by atoms with E-state index in [1.54, 1.807) is 6.08 Å². The van der Waals surface area contributed by atoms with Gasteiger partial charge in [-0.3, -0.25) is 0 Å². The zero-order valence-corrected chi connectivity index (χ0v) is 7.86. The summed E-state index contributed by atoms with van der Waals surface area (Å²) in [5.41, 5.74) is 1.17. The Morgan fingerprint density at radius 3 is 2.50 bits per heavy atom. The summed E-state index contributed by atoms with van der Waals surface area (Å²) < 4.78 is 18.0. The van der Waals surface area contributed by atoms with E-state index < -0.39 is 0 Å². The number of hydrogen-bond donors (Lipinski definition) is 0. The number of rotatable bonds is 2. The predicted octanol–water partition coefficient (Wildman–Crippen LogP) is 3.19. The van der Waals surface area contributed by atoms with Crippen molar-refractivity contribution in [2.24, 2.45) is 5.92 Å². The molecule has 1 aliphatic carbocycles. The summed E-state index contributed by atoms with van der Waals surface area (Å²) >= 11 is 0. The van der Waals surface area contributed by atoms with Gasteiger partial charge in [0, 0.05) is 6.42 Å². The van der Waals surface area contributed by atoms with Crippen LogP contribution in [-0.2, 0) is 4.74 Å². The Morgan fingerprint density at radius 2 is 2.08 bits per heavy atom. The molecule has 1 aliphatic rings. The van der Waals surface area contributed by atoms with E-state index in [1.807, 2.05) is 0 Å². The number of methoxy groups -OCH3 is 1. The Morgan fingerprint density at radius 1 is 1.42 bits per heavy atom. The van der Waals surface area contributed by atoms with Gasteiger partial charge in [0.1, 0.15) is 5.76 Å². The maximum absolute atomic E-state index is 13.1. The molecule has 0 aromatic heterocycles. The Kier molecular flexibility index (Phi) is 2.90. The van der Waals surface area contributed by atoms with E-state index in [1.165, 1.54) is 12.7 Å². The van der Waals surface area contributed by atoms with E-state index in [9.17, 15) is 4.39 Å². The van der Waals surface area contributed by atoms with E-state index in [0.29, 0.717) is 18.1 Å². The Labute approximate surface area is 72.9 Å². The van der Waals surface area contributed by atoms with Crippen molar-refractivity contribution in [1.29, 1.82) is 0 Å². The second kappa shape index (κ2) is 3.74. The lowest BCUT2D eigenvalue weighted by molar-refractivity contribution is 0.259. The highest BCUT2D eigenvalue weighted by Gasteiger charge is 2.15. The zero-order chi connectivity index (χ0) is 9.14. The summed E-state index contributed by atoms with van der Waals surface area (Å²) in [6.45, 7) is 4.16. The monoisotopic (exact) mass is 170 g/mol. The molecule has 0 unspecified atom stereocenters. The van der Waals surface area contributed by atoms with E-state index in [4.69, 9.17) is 4.74 Å². The van der Waals surface area contributed by atoms with Gasteiger partial charge in [-0.2, -0.15) is 0 Å². The second-order valence-corrected chi connectivity index (χ2v) is 3.35. The second-order valence-electron chi connectivity index (χ2n) is 3.35. The van der Waals surface area contributed by atoms with Crippen molar-refractivity contribution in [3.05, 3.63) is 23.2 Å². The molecule has 68 valence electrons. The fourth-order valence-corrected chi connectivity index (χ4v) is 1.35. The first-order valence-electron chi connectivity index (χ1n) is 4.28. The molecule has 2 heteroatoms. The Balaban J connectivity index is 2.81. The highest BCUT2D eigenvalue weighted by atomic mass is 19.1. The highest BCUT2D eigenvalue weighted by molar-refractivity contribution is 5.27. The molecule has 0 bridgehead atoms. The van der Waals surface area contributed by atoms with Gasteiger partial charge in [0.05, 0.1) is 7.11 Å². The number of halogens is 1. The van der Waals surface area contributed by atoms with Crippen molar-refractivity contribution in [2.75, 3.05) is 7.11 Å². The van der Waals surface area contributed by atoms with E-state index in [2.05, 4.69) is 13.8 Å². The molecule has 12 heavy (non-hydrogen) atoms. The van der Waals surface area contributed by atoms with Crippen LogP contribution in [0.2, 0.25) is 0 Å². The fraction of sp³-hybridized carbons (Fsp3) is 0.600. The van der Waals surface area contributed by atoms with Crippen molar-refractivity contribution in [2.45, 2.75) is 26.7 Å². The molecule has 0 N–H and O–H groups in total. The minimum atomic E-state index is -0.201. The van der Waals surface area contributed by atoms with E-state index in [0.717, 1.165) is 6.42 Å². The van der Waals surface area contributed by atoms with Crippen LogP contribution in [-0.4, -0.2) is 7.11 Å². The third kappa shape index (κ3) is 1.87. The first kappa shape index (κ1) is 9.30. The normalized spacial score (nSPS) is 18.2. The summed E-state index contributed by atoms with van der Waals surface area (Å²) in [6.07, 6.45) is 3.23. The molecule has 0 spiro atoms. The molecular weight excluding hydrogens is 155 g/mol. The minimum absolute atomic E-state index is 0.201. The van der Waals surface area contributed by atoms with Gasteiger partial charge in [0.25, 0.3) is 0 Å². The third-order valence-corrected chi connectivity index (χ3v) is 2.21. The number of allylic oxidation sites excluding steroid dienone is 4. The summed E-state index contributed by atoms with van der Waals surface area (Å²) in [4.78, 5) is 0. The first-order chi connectivity index (χ1) is 5.65. The van der Waals surface area contributed by atoms with Crippen LogP contribution in [0.3, 0.4) is 0 Å². The van der Waals surface area contributed by atoms with Crippen LogP contribution in [0.4, 0.5) is 4.39 Å². The maximum atomic E-state index is 13.1. The molecule has 0 fully saturated rings. The quantitative estimate of drug-likeness (QED) is 0.618. The van der Waals surface area contributed by atoms with E-state index >= 15 is 0 Å². The standard InChI is InChI=1S/C10H15FO/c1-7(2)8-4-5-10(12-3)9(11)6-8/h6-7H,4-5H2,1-3H3. The first-order valence-corrected chi connectivity index (χ1v) is 4.28. The van der Waals surface area contributed by atoms with Crippen LogP contribution in [0.15, 0.2) is 23.2 Å². The van der Waals surface area contributed by atoms with Crippen LogP contribution >= 0.6 is 0 Å². The predicted molar refractivity (Wildman–Crippen MR) is 47.3 cm³/mol. The molecule has 0 atom stereocenters. The third-order valence-electron chi connectivity index (χ3n) is 2.21. The maximum Gasteiger partial charge on any atom is 0.160 e. The molecule has 0 aromatic rings.